The fraction of sp³-hybridized carbons (Fsp3) is 0.462. The normalized spacial score (nSPS) is 11.9. The molecule has 1 aromatic heterocycles. The van der Waals surface area contributed by atoms with Crippen molar-refractivity contribution in [2.75, 3.05) is 0 Å². The monoisotopic (exact) mass is 266 g/mol. The minimum atomic E-state index is -0.949. The maximum Gasteiger partial charge on any atom is 0.305 e. The number of hydrogen-bond donors (Lipinski definition) is 3. The van der Waals surface area contributed by atoms with Crippen LogP contribution in [0.3, 0.4) is 0 Å². The largest absolute Gasteiger partial charge is 0.481 e. The van der Waals surface area contributed by atoms with E-state index in [0.717, 1.165) is 6.42 Å². The zero-order valence-electron chi connectivity index (χ0n) is 11.0. The number of nitrogens with one attached hydrogen (secondary N) is 2. The van der Waals surface area contributed by atoms with Crippen molar-refractivity contribution >= 4 is 17.7 Å². The second-order valence-electron chi connectivity index (χ2n) is 4.42. The number of hydrogen-bond acceptors (Lipinski definition) is 3. The zero-order chi connectivity index (χ0) is 14.4. The number of carboxylic acid groups (broad SMARTS) is 1. The van der Waals surface area contributed by atoms with Gasteiger partial charge in [-0.3, -0.25) is 14.4 Å². The molecule has 104 valence electrons. The van der Waals surface area contributed by atoms with Gasteiger partial charge in [-0.1, -0.05) is 13.3 Å². The van der Waals surface area contributed by atoms with Gasteiger partial charge in [0.05, 0.1) is 6.42 Å². The van der Waals surface area contributed by atoms with Crippen molar-refractivity contribution in [1.82, 2.24) is 10.3 Å². The Morgan fingerprint density at radius 3 is 2.58 bits per heavy atom. The molecule has 0 aliphatic carbocycles. The van der Waals surface area contributed by atoms with Crippen LogP contribution >= 0.6 is 0 Å². The molecule has 0 aliphatic rings. The van der Waals surface area contributed by atoms with Crippen LogP contribution in [0, 0.1) is 0 Å². The molecule has 1 heterocycles. The number of rotatable bonds is 7. The summed E-state index contributed by atoms with van der Waals surface area (Å²) in [5.41, 5.74) is 0.687. The van der Waals surface area contributed by atoms with Crippen molar-refractivity contribution in [1.29, 1.82) is 0 Å². The maximum atomic E-state index is 11.9. The molecule has 1 atom stereocenters. The summed E-state index contributed by atoms with van der Waals surface area (Å²) in [5, 5.41) is 11.4. The van der Waals surface area contributed by atoms with Crippen molar-refractivity contribution in [3.8, 4) is 0 Å². The van der Waals surface area contributed by atoms with Crippen LogP contribution in [-0.4, -0.2) is 33.8 Å². The first kappa shape index (κ1) is 14.9. The number of ketones is 1. The Morgan fingerprint density at radius 1 is 1.42 bits per heavy atom. The second kappa shape index (κ2) is 6.72. The van der Waals surface area contributed by atoms with Gasteiger partial charge >= 0.3 is 5.97 Å². The lowest BCUT2D eigenvalue weighted by atomic mass is 10.1. The molecule has 0 radical (unpaired) electrons. The molecule has 0 saturated carbocycles. The Labute approximate surface area is 111 Å². The Kier molecular flexibility index (Phi) is 5.29. The number of Topliss-reactive ketones (excluding diaryl/α,β-unsaturated/α-hetero) is 1. The van der Waals surface area contributed by atoms with E-state index < -0.39 is 17.9 Å². The highest BCUT2D eigenvalue weighted by molar-refractivity contribution is 5.99. The third-order valence-electron chi connectivity index (χ3n) is 2.73. The van der Waals surface area contributed by atoms with E-state index in [9.17, 15) is 14.4 Å². The van der Waals surface area contributed by atoms with E-state index >= 15 is 0 Å². The molecule has 1 rings (SSSR count). The molecule has 0 aliphatic heterocycles. The van der Waals surface area contributed by atoms with Gasteiger partial charge in [-0.2, -0.15) is 0 Å². The summed E-state index contributed by atoms with van der Waals surface area (Å²) in [5.74, 6) is -1.48. The molecule has 6 nitrogen and oxygen atoms in total. The molecule has 0 fully saturated rings. The summed E-state index contributed by atoms with van der Waals surface area (Å²) in [6, 6.07) is 1.06. The average molecular weight is 266 g/mol. The summed E-state index contributed by atoms with van der Waals surface area (Å²) in [6.07, 6.45) is 2.73. The summed E-state index contributed by atoms with van der Waals surface area (Å²) >= 11 is 0. The molecular formula is C13H18N2O4. The molecule has 0 aromatic carbocycles. The lowest BCUT2D eigenvalue weighted by Gasteiger charge is -2.15. The lowest BCUT2D eigenvalue weighted by Crippen LogP contribution is -2.36. The van der Waals surface area contributed by atoms with E-state index in [1.54, 1.807) is 0 Å². The zero-order valence-corrected chi connectivity index (χ0v) is 11.0. The summed E-state index contributed by atoms with van der Waals surface area (Å²) in [4.78, 5) is 36.4. The molecule has 1 aromatic rings. The van der Waals surface area contributed by atoms with Crippen LogP contribution in [0.4, 0.5) is 0 Å². The fourth-order valence-corrected chi connectivity index (χ4v) is 1.78. The van der Waals surface area contributed by atoms with Gasteiger partial charge in [0.25, 0.3) is 5.91 Å². The topological polar surface area (TPSA) is 99.3 Å². The maximum absolute atomic E-state index is 11.9. The van der Waals surface area contributed by atoms with Crippen molar-refractivity contribution in [2.45, 2.75) is 39.2 Å². The smallest absolute Gasteiger partial charge is 0.305 e. The predicted molar refractivity (Wildman–Crippen MR) is 69.2 cm³/mol. The lowest BCUT2D eigenvalue weighted by molar-refractivity contribution is -0.137. The van der Waals surface area contributed by atoms with Gasteiger partial charge in [0, 0.05) is 17.8 Å². The summed E-state index contributed by atoms with van der Waals surface area (Å²) in [6.45, 7) is 3.33. The number of amides is 1. The first-order valence-corrected chi connectivity index (χ1v) is 6.16. The van der Waals surface area contributed by atoms with E-state index in [-0.39, 0.29) is 17.9 Å². The van der Waals surface area contributed by atoms with Crippen LogP contribution in [0.5, 0.6) is 0 Å². The minimum absolute atomic E-state index is 0.111. The number of H-pyrrole nitrogens is 1. The van der Waals surface area contributed by atoms with E-state index in [2.05, 4.69) is 10.3 Å². The molecule has 1 amide bonds. The number of carbonyl (C=O) groups is 3. The van der Waals surface area contributed by atoms with Gasteiger partial charge in [0.15, 0.2) is 5.78 Å². The van der Waals surface area contributed by atoms with Gasteiger partial charge in [-0.25, -0.2) is 0 Å². The molecule has 6 heteroatoms. The molecule has 1 unspecified atom stereocenters. The van der Waals surface area contributed by atoms with Crippen LogP contribution in [0.1, 0.15) is 54.0 Å². The fourth-order valence-electron chi connectivity index (χ4n) is 1.78. The molecular weight excluding hydrogens is 248 g/mol. The van der Waals surface area contributed by atoms with Crippen molar-refractivity contribution < 1.29 is 19.5 Å². The molecule has 0 saturated heterocycles. The van der Waals surface area contributed by atoms with Crippen molar-refractivity contribution in [3.63, 3.8) is 0 Å². The Morgan fingerprint density at radius 2 is 2.11 bits per heavy atom. The highest BCUT2D eigenvalue weighted by Gasteiger charge is 2.17. The highest BCUT2D eigenvalue weighted by Crippen LogP contribution is 2.07. The first-order chi connectivity index (χ1) is 8.93. The van der Waals surface area contributed by atoms with Gasteiger partial charge in [-0.05, 0) is 19.4 Å². The van der Waals surface area contributed by atoms with Crippen LogP contribution in [0.25, 0.3) is 0 Å². The second-order valence-corrected chi connectivity index (χ2v) is 4.42. The van der Waals surface area contributed by atoms with Crippen LogP contribution in [-0.2, 0) is 4.79 Å². The third-order valence-corrected chi connectivity index (χ3v) is 2.73. The Bertz CT molecular complexity index is 479. The number of carbonyl (C=O) groups excluding carboxylic acids is 2. The standard InChI is InChI=1S/C13H18N2O4/c1-3-4-10(6-12(17)18)15-13(19)11-5-9(7-14-11)8(2)16/h5,7,10,14H,3-4,6H2,1-2H3,(H,15,19)(H,17,18). The summed E-state index contributed by atoms with van der Waals surface area (Å²) < 4.78 is 0. The summed E-state index contributed by atoms with van der Waals surface area (Å²) in [7, 11) is 0. The number of aromatic amines is 1. The number of aromatic nitrogens is 1. The predicted octanol–water partition coefficient (Wildman–Crippen LogP) is 1.59. The van der Waals surface area contributed by atoms with Gasteiger partial charge in [0.2, 0.25) is 0 Å². The van der Waals surface area contributed by atoms with E-state index in [1.807, 2.05) is 6.92 Å². The van der Waals surface area contributed by atoms with Crippen LogP contribution in [0.15, 0.2) is 12.3 Å². The van der Waals surface area contributed by atoms with Gasteiger partial charge in [0.1, 0.15) is 5.69 Å². The van der Waals surface area contributed by atoms with Crippen LogP contribution in [0.2, 0.25) is 0 Å². The van der Waals surface area contributed by atoms with E-state index in [1.165, 1.54) is 19.2 Å². The quantitative estimate of drug-likeness (QED) is 0.652. The van der Waals surface area contributed by atoms with E-state index in [0.29, 0.717) is 12.0 Å². The average Bonchev–Trinajstić information content (AvgIpc) is 2.77. The number of carboxylic acids is 1. The minimum Gasteiger partial charge on any atom is -0.481 e. The highest BCUT2D eigenvalue weighted by atomic mass is 16.4. The van der Waals surface area contributed by atoms with E-state index in [4.69, 9.17) is 5.11 Å². The molecule has 3 N–H and O–H groups in total. The van der Waals surface area contributed by atoms with Gasteiger partial charge < -0.3 is 15.4 Å². The Hall–Kier alpha value is -2.11. The van der Waals surface area contributed by atoms with Gasteiger partial charge in [-0.15, -0.1) is 0 Å². The third kappa shape index (κ3) is 4.57. The molecule has 19 heavy (non-hydrogen) atoms. The van der Waals surface area contributed by atoms with Crippen molar-refractivity contribution in [3.05, 3.63) is 23.5 Å². The van der Waals surface area contributed by atoms with Crippen molar-refractivity contribution in [2.24, 2.45) is 0 Å². The Balaban J connectivity index is 2.69. The first-order valence-electron chi connectivity index (χ1n) is 6.16. The molecule has 0 bridgehead atoms. The molecule has 0 spiro atoms. The number of aliphatic carboxylic acids is 1. The van der Waals surface area contributed by atoms with Crippen LogP contribution < -0.4 is 5.32 Å². The SMILES string of the molecule is CCCC(CC(=O)O)NC(=O)c1cc(C(C)=O)c[nH]1.